The summed E-state index contributed by atoms with van der Waals surface area (Å²) in [5, 5.41) is 3.75. The third-order valence-corrected chi connectivity index (χ3v) is 9.00. The average molecular weight is 572 g/mol. The maximum atomic E-state index is 6.28. The van der Waals surface area contributed by atoms with Crippen molar-refractivity contribution >= 4 is 45.5 Å². The summed E-state index contributed by atoms with van der Waals surface area (Å²) in [6, 6.07) is 46.4. The summed E-state index contributed by atoms with van der Waals surface area (Å²) in [7, 11) is 0. The van der Waals surface area contributed by atoms with E-state index in [-0.39, 0.29) is 5.41 Å². The van der Waals surface area contributed by atoms with Crippen LogP contribution in [0.15, 0.2) is 133 Å². The first kappa shape index (κ1) is 24.9. The zero-order valence-electron chi connectivity index (χ0n) is 24.4. The molecule has 3 heterocycles. The van der Waals surface area contributed by atoms with Crippen LogP contribution in [0.5, 0.6) is 23.0 Å². The lowest BCUT2D eigenvalue weighted by molar-refractivity contribution is 0.477. The molecule has 6 aromatic carbocycles. The summed E-state index contributed by atoms with van der Waals surface area (Å²) in [5.41, 5.74) is 10.7. The lowest BCUT2D eigenvalue weighted by atomic mass is 9.74. The quantitative estimate of drug-likeness (QED) is 0.223. The fourth-order valence-electron chi connectivity index (χ4n) is 6.85. The Morgan fingerprint density at radius 1 is 0.455 bits per heavy atom. The molecule has 0 unspecified atom stereocenters. The molecule has 6 aromatic rings. The van der Waals surface area contributed by atoms with E-state index in [2.05, 4.69) is 114 Å². The predicted octanol–water partition coefficient (Wildman–Crippen LogP) is 11.2. The van der Waals surface area contributed by atoms with Crippen molar-refractivity contribution < 1.29 is 9.47 Å². The van der Waals surface area contributed by atoms with Gasteiger partial charge in [-0.25, -0.2) is 0 Å². The Labute approximate surface area is 256 Å². The summed E-state index contributed by atoms with van der Waals surface area (Å²) in [5.74, 6) is 3.40. The van der Waals surface area contributed by atoms with Crippen LogP contribution in [0.25, 0.3) is 0 Å². The first-order chi connectivity index (χ1) is 21.6. The molecule has 0 saturated heterocycles. The molecule has 212 valence electrons. The van der Waals surface area contributed by atoms with Crippen LogP contribution in [0, 0.1) is 0 Å². The highest BCUT2D eigenvalue weighted by atomic mass is 16.5. The zero-order valence-corrected chi connectivity index (χ0v) is 24.4. The van der Waals surface area contributed by atoms with E-state index in [4.69, 9.17) is 9.47 Å². The molecule has 0 saturated carbocycles. The van der Waals surface area contributed by atoms with Gasteiger partial charge in [-0.1, -0.05) is 62.4 Å². The second-order valence-electron chi connectivity index (χ2n) is 12.0. The minimum absolute atomic E-state index is 0.279. The van der Waals surface area contributed by atoms with Gasteiger partial charge in [0.15, 0.2) is 23.0 Å². The smallest absolute Gasteiger partial charge is 0.151 e. The lowest BCUT2D eigenvalue weighted by Crippen LogP contribution is -2.27. The molecule has 0 spiro atoms. The van der Waals surface area contributed by atoms with E-state index >= 15 is 0 Å². The van der Waals surface area contributed by atoms with Crippen molar-refractivity contribution in [2.45, 2.75) is 19.3 Å². The van der Waals surface area contributed by atoms with Gasteiger partial charge in [-0.3, -0.25) is 0 Å². The maximum Gasteiger partial charge on any atom is 0.151 e. The monoisotopic (exact) mass is 571 g/mol. The molecule has 0 bridgehead atoms. The van der Waals surface area contributed by atoms with Crippen LogP contribution >= 0.6 is 0 Å². The van der Waals surface area contributed by atoms with Gasteiger partial charge in [0.25, 0.3) is 0 Å². The van der Waals surface area contributed by atoms with E-state index in [0.717, 1.165) is 68.5 Å². The predicted molar refractivity (Wildman–Crippen MR) is 178 cm³/mol. The number of fused-ring (bicyclic) bond motifs is 6. The van der Waals surface area contributed by atoms with Gasteiger partial charge in [-0.05, 0) is 96.1 Å². The molecule has 3 aliphatic heterocycles. The first-order valence-corrected chi connectivity index (χ1v) is 14.9. The lowest BCUT2D eigenvalue weighted by Gasteiger charge is -2.39. The van der Waals surface area contributed by atoms with Crippen LogP contribution in [0.3, 0.4) is 0 Å². The number of para-hydroxylation sites is 8. The molecule has 5 heteroatoms. The molecule has 1 N–H and O–H groups in total. The Balaban J connectivity index is 1.17. The van der Waals surface area contributed by atoms with Gasteiger partial charge >= 0.3 is 0 Å². The van der Waals surface area contributed by atoms with Crippen LogP contribution in [-0.4, -0.2) is 0 Å². The third kappa shape index (κ3) is 3.59. The molecule has 0 fully saturated rings. The van der Waals surface area contributed by atoms with Gasteiger partial charge in [0.05, 0.1) is 22.7 Å². The Hall–Kier alpha value is -5.68. The molecule has 3 aliphatic rings. The molecule has 5 nitrogen and oxygen atoms in total. The first-order valence-electron chi connectivity index (χ1n) is 14.9. The van der Waals surface area contributed by atoms with E-state index < -0.39 is 0 Å². The van der Waals surface area contributed by atoms with Gasteiger partial charge in [-0.15, -0.1) is 0 Å². The largest absolute Gasteiger partial charge is 0.453 e. The average Bonchev–Trinajstić information content (AvgIpc) is 3.06. The van der Waals surface area contributed by atoms with Crippen molar-refractivity contribution in [2.75, 3.05) is 15.1 Å². The van der Waals surface area contributed by atoms with Gasteiger partial charge in [0.1, 0.15) is 0 Å². The molecule has 9 rings (SSSR count). The van der Waals surface area contributed by atoms with Crippen LogP contribution in [0.2, 0.25) is 0 Å². The van der Waals surface area contributed by atoms with E-state index in [1.165, 1.54) is 11.1 Å². The standard InChI is InChI=1S/C39H29N3O2/c1-39(2)27-23-25(41-31-11-3-7-15-35(31)43-36-16-8-4-12-32(36)41)19-21-29(27)40-30-22-20-26(24-28(30)39)42-33-13-5-9-17-37(33)44-38-18-10-6-14-34(38)42/h3-24,40H,1-2H3. The van der Waals surface area contributed by atoms with E-state index in [0.29, 0.717) is 0 Å². The Kier molecular flexibility index (Phi) is 5.18. The number of benzene rings is 6. The number of nitrogens with zero attached hydrogens (tertiary/aromatic N) is 2. The SMILES string of the molecule is CC1(C)c2cc(N3c4ccccc4Oc4ccccc43)ccc2Nc2ccc(N3c4ccccc4Oc4ccccc43)cc21. The molecular weight excluding hydrogens is 542 g/mol. The molecular formula is C39H29N3O2. The van der Waals surface area contributed by atoms with Crippen LogP contribution in [0.4, 0.5) is 45.5 Å². The van der Waals surface area contributed by atoms with E-state index in [9.17, 15) is 0 Å². The molecule has 44 heavy (non-hydrogen) atoms. The summed E-state index contributed by atoms with van der Waals surface area (Å²) in [6.45, 7) is 4.64. The highest BCUT2D eigenvalue weighted by molar-refractivity contribution is 5.90. The van der Waals surface area contributed by atoms with Crippen LogP contribution in [0.1, 0.15) is 25.0 Å². The van der Waals surface area contributed by atoms with E-state index in [1.54, 1.807) is 0 Å². The minimum atomic E-state index is -0.279. The molecule has 0 aliphatic carbocycles. The van der Waals surface area contributed by atoms with Crippen molar-refractivity contribution in [3.8, 4) is 23.0 Å². The molecule has 0 atom stereocenters. The Bertz CT molecular complexity index is 1880. The second-order valence-corrected chi connectivity index (χ2v) is 12.0. The second kappa shape index (κ2) is 9.16. The Morgan fingerprint density at radius 2 is 0.795 bits per heavy atom. The van der Waals surface area contributed by atoms with Crippen molar-refractivity contribution in [1.82, 2.24) is 0 Å². The summed E-state index contributed by atoms with van der Waals surface area (Å²) >= 11 is 0. The topological polar surface area (TPSA) is 37.0 Å². The third-order valence-electron chi connectivity index (χ3n) is 9.00. The summed E-state index contributed by atoms with van der Waals surface area (Å²) in [6.07, 6.45) is 0. The highest BCUT2D eigenvalue weighted by Crippen LogP contribution is 2.55. The molecule has 0 aromatic heterocycles. The molecule has 0 amide bonds. The summed E-state index contributed by atoms with van der Waals surface area (Å²) < 4.78 is 12.6. The minimum Gasteiger partial charge on any atom is -0.453 e. The number of hydrogen-bond donors (Lipinski definition) is 1. The Morgan fingerprint density at radius 3 is 1.16 bits per heavy atom. The van der Waals surface area contributed by atoms with Gasteiger partial charge in [0.2, 0.25) is 0 Å². The van der Waals surface area contributed by atoms with Gasteiger partial charge < -0.3 is 24.6 Å². The van der Waals surface area contributed by atoms with Gasteiger partial charge in [0, 0.05) is 28.2 Å². The maximum absolute atomic E-state index is 6.28. The number of anilines is 8. The van der Waals surface area contributed by atoms with Crippen molar-refractivity contribution in [3.05, 3.63) is 145 Å². The fraction of sp³-hybridized carbons (Fsp3) is 0.0769. The van der Waals surface area contributed by atoms with Gasteiger partial charge in [-0.2, -0.15) is 0 Å². The molecule has 0 radical (unpaired) electrons. The normalized spacial score (nSPS) is 14.8. The van der Waals surface area contributed by atoms with Crippen molar-refractivity contribution in [1.29, 1.82) is 0 Å². The van der Waals surface area contributed by atoms with Crippen molar-refractivity contribution in [3.63, 3.8) is 0 Å². The van der Waals surface area contributed by atoms with E-state index in [1.807, 2.05) is 48.5 Å². The van der Waals surface area contributed by atoms with Crippen LogP contribution < -0.4 is 24.6 Å². The number of ether oxygens (including phenoxy) is 2. The zero-order chi connectivity index (χ0) is 29.4. The highest BCUT2D eigenvalue weighted by Gasteiger charge is 2.36. The fourth-order valence-corrected chi connectivity index (χ4v) is 6.85. The number of nitrogens with one attached hydrogen (secondary N) is 1. The summed E-state index contributed by atoms with van der Waals surface area (Å²) in [4.78, 5) is 4.61. The van der Waals surface area contributed by atoms with Crippen LogP contribution in [-0.2, 0) is 5.41 Å². The number of hydrogen-bond acceptors (Lipinski definition) is 5. The number of rotatable bonds is 2. The van der Waals surface area contributed by atoms with Crippen molar-refractivity contribution in [2.24, 2.45) is 0 Å².